The van der Waals surface area contributed by atoms with Crippen LogP contribution < -0.4 is 5.32 Å². The second-order valence-electron chi connectivity index (χ2n) is 11.5. The molecule has 20 heteroatoms. The lowest BCUT2D eigenvalue weighted by atomic mass is 9.84. The van der Waals surface area contributed by atoms with Crippen LogP contribution in [-0.2, 0) is 38.0 Å². The molecule has 3 fully saturated rings. The maximum Gasteiger partial charge on any atom is 0.364 e. The van der Waals surface area contributed by atoms with E-state index in [1.807, 2.05) is 0 Å². The molecule has 11 N–H and O–H groups in total. The number of aliphatic hydroxyl groups is 9. The SMILES string of the molecule is CC(=O)NC1C(OCCS)OC(CO)C(OC2OC(COC3(C(=O)O)CC(O)C(C)C(C(O)C(O)CO)O3)C(O)C(O)C2O)C1O. The molecule has 3 aliphatic rings. The highest BCUT2D eigenvalue weighted by Crippen LogP contribution is 2.37. The Morgan fingerprint density at radius 1 is 1.00 bits per heavy atom. The fraction of sp³-hybridized carbons (Fsp3) is 0.923. The van der Waals surface area contributed by atoms with Crippen LogP contribution in [0.1, 0.15) is 20.3 Å². The van der Waals surface area contributed by atoms with Crippen molar-refractivity contribution in [2.75, 3.05) is 32.2 Å². The largest absolute Gasteiger partial charge is 0.477 e. The Morgan fingerprint density at radius 2 is 1.65 bits per heavy atom. The van der Waals surface area contributed by atoms with Crippen molar-refractivity contribution in [3.8, 4) is 0 Å². The van der Waals surface area contributed by atoms with E-state index in [9.17, 15) is 60.7 Å². The van der Waals surface area contributed by atoms with Crippen LogP contribution in [-0.4, -0.2) is 187 Å². The van der Waals surface area contributed by atoms with E-state index in [1.54, 1.807) is 0 Å². The summed E-state index contributed by atoms with van der Waals surface area (Å²) in [6, 6.07) is -1.24. The molecule has 1 amide bonds. The molecular formula is C26H45NO18S. The molecule has 3 saturated heterocycles. The van der Waals surface area contributed by atoms with Gasteiger partial charge < -0.3 is 84.8 Å². The summed E-state index contributed by atoms with van der Waals surface area (Å²) in [4.78, 5) is 24.2. The van der Waals surface area contributed by atoms with Crippen LogP contribution in [0.5, 0.6) is 0 Å². The molecule has 0 aliphatic carbocycles. The smallest absolute Gasteiger partial charge is 0.364 e. The van der Waals surface area contributed by atoms with Crippen molar-refractivity contribution in [2.45, 2.75) is 112 Å². The minimum atomic E-state index is -2.67. The minimum absolute atomic E-state index is 0.0513. The number of hydrogen-bond acceptors (Lipinski definition) is 18. The summed E-state index contributed by atoms with van der Waals surface area (Å²) in [7, 11) is 0. The van der Waals surface area contributed by atoms with Gasteiger partial charge in [-0.3, -0.25) is 4.79 Å². The average Bonchev–Trinajstić information content (AvgIpc) is 3.02. The highest BCUT2D eigenvalue weighted by molar-refractivity contribution is 7.80. The molecule has 3 aliphatic heterocycles. The molecular weight excluding hydrogens is 646 g/mol. The summed E-state index contributed by atoms with van der Waals surface area (Å²) in [5, 5.41) is 106. The lowest BCUT2D eigenvalue weighted by Gasteiger charge is -2.48. The van der Waals surface area contributed by atoms with E-state index < -0.39 is 136 Å². The number of thiol groups is 1. The standard InChI is InChI=1S/C26H45NO18S/c1-9-11(31)5-26(25(38)39,45-21(9)16(33)12(32)6-28)41-8-14-17(34)19(36)20(37)24(43-14)44-22-13(7-29)42-23(40-3-4-46)15(18(22)35)27-10(2)30/h9,11-24,28-29,31-37,46H,3-8H2,1-2H3,(H,27,30)(H,38,39). The van der Waals surface area contributed by atoms with Crippen molar-refractivity contribution in [1.82, 2.24) is 5.32 Å². The molecule has 0 saturated carbocycles. The molecule has 19 nitrogen and oxygen atoms in total. The van der Waals surface area contributed by atoms with E-state index in [2.05, 4.69) is 17.9 Å². The van der Waals surface area contributed by atoms with Crippen LogP contribution in [0.2, 0.25) is 0 Å². The van der Waals surface area contributed by atoms with Crippen molar-refractivity contribution < 1.29 is 89.1 Å². The van der Waals surface area contributed by atoms with Crippen molar-refractivity contribution in [3.05, 3.63) is 0 Å². The molecule has 0 aromatic heterocycles. The molecule has 0 bridgehead atoms. The molecule has 3 heterocycles. The Balaban J connectivity index is 1.80. The molecule has 0 aromatic rings. The number of nitrogens with one attached hydrogen (secondary N) is 1. The van der Waals surface area contributed by atoms with Gasteiger partial charge in [-0.05, 0) is 0 Å². The molecule has 3 rings (SSSR count). The Bertz CT molecular complexity index is 998. The average molecular weight is 692 g/mol. The van der Waals surface area contributed by atoms with Gasteiger partial charge in [-0.1, -0.05) is 6.92 Å². The van der Waals surface area contributed by atoms with E-state index in [4.69, 9.17) is 28.4 Å². The maximum absolute atomic E-state index is 12.4. The van der Waals surface area contributed by atoms with E-state index in [1.165, 1.54) is 13.8 Å². The second-order valence-corrected chi connectivity index (χ2v) is 11.9. The van der Waals surface area contributed by atoms with Gasteiger partial charge in [-0.15, -0.1) is 0 Å². The lowest BCUT2D eigenvalue weighted by Crippen LogP contribution is -2.67. The third-order valence-corrected chi connectivity index (χ3v) is 8.39. The molecule has 268 valence electrons. The summed E-state index contributed by atoms with van der Waals surface area (Å²) in [6.45, 7) is 0.120. The first-order valence-electron chi connectivity index (χ1n) is 14.6. The summed E-state index contributed by atoms with van der Waals surface area (Å²) < 4.78 is 33.6. The number of carbonyl (C=O) groups is 2. The predicted molar refractivity (Wildman–Crippen MR) is 151 cm³/mol. The first-order chi connectivity index (χ1) is 21.6. The van der Waals surface area contributed by atoms with Crippen molar-refractivity contribution in [3.63, 3.8) is 0 Å². The predicted octanol–water partition coefficient (Wildman–Crippen LogP) is -5.99. The fourth-order valence-electron chi connectivity index (χ4n) is 5.53. The third kappa shape index (κ3) is 8.64. The van der Waals surface area contributed by atoms with Crippen molar-refractivity contribution in [2.24, 2.45) is 5.92 Å². The first kappa shape index (κ1) is 39.1. The van der Waals surface area contributed by atoms with E-state index in [0.29, 0.717) is 0 Å². The maximum atomic E-state index is 12.4. The lowest BCUT2D eigenvalue weighted by molar-refractivity contribution is -0.361. The Kier molecular flexibility index (Phi) is 14.4. The van der Waals surface area contributed by atoms with Crippen LogP contribution in [0.3, 0.4) is 0 Å². The van der Waals surface area contributed by atoms with E-state index in [0.717, 1.165) is 0 Å². The zero-order valence-electron chi connectivity index (χ0n) is 25.1. The topological polar surface area (TPSA) is 304 Å². The van der Waals surface area contributed by atoms with Crippen LogP contribution in [0.25, 0.3) is 0 Å². The number of carboxylic acids is 1. The van der Waals surface area contributed by atoms with Crippen molar-refractivity contribution >= 4 is 24.5 Å². The summed E-state index contributed by atoms with van der Waals surface area (Å²) in [5.74, 6) is -5.67. The van der Waals surface area contributed by atoms with Gasteiger partial charge in [-0.25, -0.2) is 4.79 Å². The Hall–Kier alpha value is -1.31. The number of amides is 1. The van der Waals surface area contributed by atoms with Gasteiger partial charge in [0.25, 0.3) is 5.79 Å². The molecule has 0 spiro atoms. The van der Waals surface area contributed by atoms with E-state index in [-0.39, 0.29) is 12.4 Å². The van der Waals surface area contributed by atoms with Crippen LogP contribution in [0, 0.1) is 5.92 Å². The summed E-state index contributed by atoms with van der Waals surface area (Å²) in [6.07, 6.45) is -22.3. The highest BCUT2D eigenvalue weighted by Gasteiger charge is 2.56. The van der Waals surface area contributed by atoms with Crippen molar-refractivity contribution in [1.29, 1.82) is 0 Å². The monoisotopic (exact) mass is 691 g/mol. The van der Waals surface area contributed by atoms with E-state index >= 15 is 0 Å². The number of rotatable bonds is 14. The van der Waals surface area contributed by atoms with Gasteiger partial charge in [0.15, 0.2) is 12.6 Å². The molecule has 46 heavy (non-hydrogen) atoms. The first-order valence-corrected chi connectivity index (χ1v) is 15.2. The summed E-state index contributed by atoms with van der Waals surface area (Å²) in [5.41, 5.74) is 0. The number of aliphatic hydroxyl groups excluding tert-OH is 9. The highest BCUT2D eigenvalue weighted by atomic mass is 32.1. The number of ether oxygens (including phenoxy) is 6. The number of carbonyl (C=O) groups excluding carboxylic acids is 1. The van der Waals surface area contributed by atoms with Crippen LogP contribution in [0.15, 0.2) is 0 Å². The van der Waals surface area contributed by atoms with Gasteiger partial charge >= 0.3 is 5.97 Å². The molecule has 16 atom stereocenters. The van der Waals surface area contributed by atoms with Gasteiger partial charge in [0.05, 0.1) is 38.6 Å². The van der Waals surface area contributed by atoms with Crippen LogP contribution in [0.4, 0.5) is 0 Å². The zero-order valence-corrected chi connectivity index (χ0v) is 26.0. The van der Waals surface area contributed by atoms with Gasteiger partial charge in [0, 0.05) is 25.0 Å². The zero-order chi connectivity index (χ0) is 34.5. The Morgan fingerprint density at radius 3 is 2.22 bits per heavy atom. The quantitative estimate of drug-likeness (QED) is 0.0755. The number of hydrogen-bond donors (Lipinski definition) is 12. The number of aliphatic carboxylic acids is 1. The molecule has 0 aromatic carbocycles. The van der Waals surface area contributed by atoms with Crippen LogP contribution >= 0.6 is 12.6 Å². The molecule has 0 radical (unpaired) electrons. The normalized spacial score (nSPS) is 43.1. The second kappa shape index (κ2) is 16.9. The van der Waals surface area contributed by atoms with Gasteiger partial charge in [-0.2, -0.15) is 12.6 Å². The van der Waals surface area contributed by atoms with Gasteiger partial charge in [0.1, 0.15) is 61.0 Å². The Labute approximate surface area is 268 Å². The van der Waals surface area contributed by atoms with Gasteiger partial charge in [0.2, 0.25) is 5.91 Å². The molecule has 16 unspecified atom stereocenters. The fourth-order valence-corrected chi connectivity index (χ4v) is 5.63. The number of carboxylic acid groups (broad SMARTS) is 1. The minimum Gasteiger partial charge on any atom is -0.477 e. The third-order valence-electron chi connectivity index (χ3n) is 8.21. The summed E-state index contributed by atoms with van der Waals surface area (Å²) >= 11 is 4.04.